The van der Waals surface area contributed by atoms with Crippen LogP contribution in [0.5, 0.6) is 0 Å². The van der Waals surface area contributed by atoms with Gasteiger partial charge in [0.1, 0.15) is 0 Å². The van der Waals surface area contributed by atoms with Crippen LogP contribution in [0.4, 0.5) is 0 Å². The van der Waals surface area contributed by atoms with Crippen molar-refractivity contribution in [3.05, 3.63) is 34.9 Å². The third-order valence-corrected chi connectivity index (χ3v) is 2.22. The molecule has 0 bridgehead atoms. The summed E-state index contributed by atoms with van der Waals surface area (Å²) < 4.78 is 0. The van der Waals surface area contributed by atoms with Crippen LogP contribution < -0.4 is 0 Å². The van der Waals surface area contributed by atoms with Crippen LogP contribution in [0.15, 0.2) is 18.2 Å². The minimum absolute atomic E-state index is 0.0412. The number of benzene rings is 1. The first-order chi connectivity index (χ1) is 7.22. The normalized spacial score (nSPS) is 12.7. The Morgan fingerprint density at radius 1 is 1.40 bits per heavy atom. The summed E-state index contributed by atoms with van der Waals surface area (Å²) in [6.45, 7) is 4.61. The van der Waals surface area contributed by atoms with Crippen LogP contribution in [0, 0.1) is 11.3 Å². The Balaban J connectivity index is 0.000000531. The molecule has 3 heteroatoms. The minimum atomic E-state index is 0.0412. The first kappa shape index (κ1) is 11.3. The summed E-state index contributed by atoms with van der Waals surface area (Å²) in [5.41, 5.74) is 2.29. The minimum Gasteiger partial charge on any atom is -0.337 e. The number of rotatable bonds is 0. The molecule has 1 aromatic rings. The van der Waals surface area contributed by atoms with E-state index in [0.29, 0.717) is 12.1 Å². The molecule has 0 saturated carbocycles. The molecule has 2 rings (SSSR count). The molecule has 1 aliphatic heterocycles. The quantitative estimate of drug-likeness (QED) is 0.647. The molecule has 0 fully saturated rings. The molecule has 15 heavy (non-hydrogen) atoms. The van der Waals surface area contributed by atoms with Crippen LogP contribution in [0.1, 0.15) is 35.3 Å². The Kier molecular flexibility index (Phi) is 3.46. The maximum atomic E-state index is 11.4. The zero-order chi connectivity index (χ0) is 11.4. The number of hydrogen-bond donors (Lipinski definition) is 0. The number of carbonyl (C=O) groups excluding carboxylic acids is 1. The lowest BCUT2D eigenvalue weighted by molar-refractivity contribution is 0.0816. The van der Waals surface area contributed by atoms with Gasteiger partial charge < -0.3 is 4.90 Å². The summed E-state index contributed by atoms with van der Waals surface area (Å²) >= 11 is 0. The third kappa shape index (κ3) is 1.99. The van der Waals surface area contributed by atoms with E-state index in [4.69, 9.17) is 5.26 Å². The maximum Gasteiger partial charge on any atom is 0.254 e. The van der Waals surface area contributed by atoms with E-state index in [0.717, 1.165) is 11.1 Å². The predicted octanol–water partition coefficient (Wildman–Crippen LogP) is 2.17. The van der Waals surface area contributed by atoms with Gasteiger partial charge in [0.05, 0.1) is 11.6 Å². The number of hydrogen-bond acceptors (Lipinski definition) is 2. The van der Waals surface area contributed by atoms with Crippen molar-refractivity contribution in [3.8, 4) is 6.07 Å². The molecule has 0 N–H and O–H groups in total. The second-order valence-electron chi connectivity index (χ2n) is 3.14. The Morgan fingerprint density at radius 2 is 2.07 bits per heavy atom. The molecule has 0 atom stereocenters. The van der Waals surface area contributed by atoms with E-state index in [1.807, 2.05) is 13.8 Å². The van der Waals surface area contributed by atoms with Gasteiger partial charge in [0.25, 0.3) is 5.91 Å². The molecule has 1 aliphatic rings. The van der Waals surface area contributed by atoms with Gasteiger partial charge in [-0.3, -0.25) is 4.79 Å². The van der Waals surface area contributed by atoms with E-state index in [9.17, 15) is 4.79 Å². The first-order valence-corrected chi connectivity index (χ1v) is 5.01. The number of carbonyl (C=O) groups is 1. The highest BCUT2D eigenvalue weighted by Gasteiger charge is 2.23. The second-order valence-corrected chi connectivity index (χ2v) is 3.14. The molecule has 3 nitrogen and oxygen atoms in total. The van der Waals surface area contributed by atoms with Gasteiger partial charge in [-0.05, 0) is 23.8 Å². The number of amides is 1. The largest absolute Gasteiger partial charge is 0.337 e. The van der Waals surface area contributed by atoms with Crippen LogP contribution in [-0.2, 0) is 6.54 Å². The average Bonchev–Trinajstić information content (AvgIpc) is 2.57. The van der Waals surface area contributed by atoms with Crippen molar-refractivity contribution in [2.75, 3.05) is 7.05 Å². The highest BCUT2D eigenvalue weighted by molar-refractivity contribution is 5.98. The van der Waals surface area contributed by atoms with E-state index in [-0.39, 0.29) is 5.91 Å². The first-order valence-electron chi connectivity index (χ1n) is 5.01. The van der Waals surface area contributed by atoms with Crippen molar-refractivity contribution in [3.63, 3.8) is 0 Å². The standard InChI is InChI=1S/C10H8N2O.C2H6/c1-12-6-8-4-7(5-11)2-3-9(8)10(12)13;1-2/h2-4H,6H2,1H3;1-2H3. The summed E-state index contributed by atoms with van der Waals surface area (Å²) in [5.74, 6) is 0.0412. The second kappa shape index (κ2) is 4.61. The van der Waals surface area contributed by atoms with Gasteiger partial charge in [-0.25, -0.2) is 0 Å². The van der Waals surface area contributed by atoms with Crippen molar-refractivity contribution in [1.82, 2.24) is 4.90 Å². The molecule has 0 radical (unpaired) electrons. The molecule has 1 aromatic carbocycles. The van der Waals surface area contributed by atoms with E-state index in [1.165, 1.54) is 0 Å². The van der Waals surface area contributed by atoms with Gasteiger partial charge in [0.15, 0.2) is 0 Å². The Hall–Kier alpha value is -1.82. The van der Waals surface area contributed by atoms with Crippen LogP contribution >= 0.6 is 0 Å². The van der Waals surface area contributed by atoms with Gasteiger partial charge in [0, 0.05) is 19.2 Å². The van der Waals surface area contributed by atoms with Gasteiger partial charge in [-0.15, -0.1) is 0 Å². The van der Waals surface area contributed by atoms with Crippen molar-refractivity contribution in [2.24, 2.45) is 0 Å². The summed E-state index contributed by atoms with van der Waals surface area (Å²) in [5, 5.41) is 8.65. The topological polar surface area (TPSA) is 44.1 Å². The molecule has 0 spiro atoms. The van der Waals surface area contributed by atoms with Crippen LogP contribution in [0.2, 0.25) is 0 Å². The van der Waals surface area contributed by atoms with E-state index in [2.05, 4.69) is 6.07 Å². The molecule has 0 aromatic heterocycles. The van der Waals surface area contributed by atoms with Gasteiger partial charge >= 0.3 is 0 Å². The van der Waals surface area contributed by atoms with E-state index in [1.54, 1.807) is 30.1 Å². The molecule has 1 heterocycles. The molecule has 0 aliphatic carbocycles. The molecule has 78 valence electrons. The Bertz CT molecular complexity index is 418. The fraction of sp³-hybridized carbons (Fsp3) is 0.333. The molecule has 0 saturated heterocycles. The summed E-state index contributed by atoms with van der Waals surface area (Å²) in [6, 6.07) is 7.23. The maximum absolute atomic E-state index is 11.4. The summed E-state index contributed by atoms with van der Waals surface area (Å²) in [4.78, 5) is 13.1. The lowest BCUT2D eigenvalue weighted by Crippen LogP contribution is -2.17. The molecule has 0 unspecified atom stereocenters. The fourth-order valence-electron chi connectivity index (χ4n) is 1.54. The Morgan fingerprint density at radius 3 is 2.67 bits per heavy atom. The smallest absolute Gasteiger partial charge is 0.254 e. The highest BCUT2D eigenvalue weighted by atomic mass is 16.2. The number of nitrogens with zero attached hydrogens (tertiary/aromatic N) is 2. The number of nitriles is 1. The Labute approximate surface area is 89.9 Å². The SMILES string of the molecule is CC.CN1Cc2cc(C#N)ccc2C1=O. The molecular formula is C12H14N2O. The summed E-state index contributed by atoms with van der Waals surface area (Å²) in [6.07, 6.45) is 0. The third-order valence-electron chi connectivity index (χ3n) is 2.22. The van der Waals surface area contributed by atoms with Crippen LogP contribution in [0.25, 0.3) is 0 Å². The molecular weight excluding hydrogens is 188 g/mol. The zero-order valence-corrected chi connectivity index (χ0v) is 9.24. The van der Waals surface area contributed by atoms with Crippen molar-refractivity contribution < 1.29 is 4.79 Å². The number of fused-ring (bicyclic) bond motifs is 1. The molecule has 1 amide bonds. The van der Waals surface area contributed by atoms with E-state index >= 15 is 0 Å². The summed E-state index contributed by atoms with van der Waals surface area (Å²) in [7, 11) is 1.76. The van der Waals surface area contributed by atoms with Crippen LogP contribution in [0.3, 0.4) is 0 Å². The zero-order valence-electron chi connectivity index (χ0n) is 9.24. The van der Waals surface area contributed by atoms with Crippen LogP contribution in [-0.4, -0.2) is 17.9 Å². The fourth-order valence-corrected chi connectivity index (χ4v) is 1.54. The monoisotopic (exact) mass is 202 g/mol. The van der Waals surface area contributed by atoms with E-state index < -0.39 is 0 Å². The van der Waals surface area contributed by atoms with Gasteiger partial charge in [-0.1, -0.05) is 13.8 Å². The van der Waals surface area contributed by atoms with Crippen molar-refractivity contribution >= 4 is 5.91 Å². The lowest BCUT2D eigenvalue weighted by atomic mass is 10.1. The van der Waals surface area contributed by atoms with Crippen molar-refractivity contribution in [1.29, 1.82) is 5.26 Å². The van der Waals surface area contributed by atoms with Crippen molar-refractivity contribution in [2.45, 2.75) is 20.4 Å². The van der Waals surface area contributed by atoms with Gasteiger partial charge in [0.2, 0.25) is 0 Å². The predicted molar refractivity (Wildman–Crippen MR) is 58.3 cm³/mol. The lowest BCUT2D eigenvalue weighted by Gasteiger charge is -2.04. The average molecular weight is 202 g/mol. The highest BCUT2D eigenvalue weighted by Crippen LogP contribution is 2.21. The van der Waals surface area contributed by atoms with Gasteiger partial charge in [-0.2, -0.15) is 5.26 Å².